The Kier molecular flexibility index (Phi) is 2.70. The number of rotatable bonds is 1. The summed E-state index contributed by atoms with van der Waals surface area (Å²) in [5.74, 6) is -0.418. The molecule has 0 aliphatic carbocycles. The monoisotopic (exact) mass is 229 g/mol. The summed E-state index contributed by atoms with van der Waals surface area (Å²) in [5, 5.41) is 0. The average molecular weight is 230 g/mol. The lowest BCUT2D eigenvalue weighted by atomic mass is 10.1. The van der Waals surface area contributed by atoms with Gasteiger partial charge in [0.2, 0.25) is 0 Å². The van der Waals surface area contributed by atoms with Crippen LogP contribution in [0.4, 0.5) is 5.69 Å². The van der Waals surface area contributed by atoms with E-state index >= 15 is 0 Å². The molecule has 0 radical (unpaired) electrons. The highest BCUT2D eigenvalue weighted by Gasteiger charge is 2.06. The van der Waals surface area contributed by atoms with Crippen molar-refractivity contribution in [2.24, 2.45) is 0 Å². The van der Waals surface area contributed by atoms with Crippen LogP contribution in [0.15, 0.2) is 18.2 Å². The van der Waals surface area contributed by atoms with Crippen molar-refractivity contribution >= 4 is 27.9 Å². The van der Waals surface area contributed by atoms with E-state index in [9.17, 15) is 4.79 Å². The molecule has 0 aliphatic heterocycles. The van der Waals surface area contributed by atoms with E-state index in [2.05, 4.69) is 20.1 Å². The van der Waals surface area contributed by atoms with Gasteiger partial charge in [0, 0.05) is 5.69 Å². The number of halogens is 1. The predicted octanol–water partition coefficient (Wildman–Crippen LogP) is 2.04. The summed E-state index contributed by atoms with van der Waals surface area (Å²) in [6.45, 7) is 1.83. The van der Waals surface area contributed by atoms with Crippen molar-refractivity contribution in [3.63, 3.8) is 0 Å². The van der Waals surface area contributed by atoms with Crippen molar-refractivity contribution in [2.45, 2.75) is 6.92 Å². The number of hydrogen-bond donors (Lipinski definition) is 1. The third-order valence-corrected chi connectivity index (χ3v) is 1.87. The minimum atomic E-state index is -0.418. The maximum absolute atomic E-state index is 11.0. The van der Waals surface area contributed by atoms with E-state index in [4.69, 9.17) is 5.73 Å². The first-order chi connectivity index (χ1) is 5.65. The van der Waals surface area contributed by atoms with E-state index in [0.717, 1.165) is 5.56 Å². The molecule has 0 atom stereocenters. The van der Waals surface area contributed by atoms with E-state index in [1.54, 1.807) is 18.2 Å². The van der Waals surface area contributed by atoms with Gasteiger partial charge in [0.15, 0.2) is 16.3 Å². The molecule has 0 unspecified atom stereocenters. The summed E-state index contributed by atoms with van der Waals surface area (Å²) in [5.41, 5.74) is 7.59. The van der Waals surface area contributed by atoms with Gasteiger partial charge in [-0.25, -0.2) is 4.79 Å². The highest BCUT2D eigenvalue weighted by molar-refractivity contribution is 9.06. The number of nitrogens with two attached hydrogens (primary N) is 1. The Morgan fingerprint density at radius 3 is 2.75 bits per heavy atom. The fourth-order valence-electron chi connectivity index (χ4n) is 0.847. The maximum Gasteiger partial charge on any atom is 0.349 e. The SMILES string of the molecule is Cc1cc(C(=O)OBr)ccc1N. The molecule has 0 saturated carbocycles. The van der Waals surface area contributed by atoms with Crippen LogP contribution >= 0.6 is 16.3 Å². The van der Waals surface area contributed by atoms with Crippen LogP contribution in [0, 0.1) is 6.92 Å². The molecule has 0 spiro atoms. The van der Waals surface area contributed by atoms with Crippen LogP contribution in [0.5, 0.6) is 0 Å². The van der Waals surface area contributed by atoms with Gasteiger partial charge in [0.1, 0.15) is 0 Å². The fourth-order valence-corrected chi connectivity index (χ4v) is 1.03. The molecule has 4 heteroatoms. The number of benzene rings is 1. The minimum Gasteiger partial charge on any atom is -0.399 e. The zero-order valence-corrected chi connectivity index (χ0v) is 8.09. The number of carbonyl (C=O) groups excluding carboxylic acids is 1. The summed E-state index contributed by atoms with van der Waals surface area (Å²) >= 11 is 2.61. The Hall–Kier alpha value is -1.03. The van der Waals surface area contributed by atoms with Gasteiger partial charge in [-0.1, -0.05) is 0 Å². The third kappa shape index (κ3) is 1.76. The smallest absolute Gasteiger partial charge is 0.349 e. The zero-order chi connectivity index (χ0) is 9.14. The number of hydrogen-bond acceptors (Lipinski definition) is 3. The van der Waals surface area contributed by atoms with Crippen LogP contribution in [-0.2, 0) is 3.83 Å². The Bertz CT molecular complexity index is 312. The van der Waals surface area contributed by atoms with Gasteiger partial charge in [-0.15, -0.1) is 0 Å². The van der Waals surface area contributed by atoms with Crippen molar-refractivity contribution in [1.82, 2.24) is 0 Å². The van der Waals surface area contributed by atoms with Crippen LogP contribution in [0.3, 0.4) is 0 Å². The van der Waals surface area contributed by atoms with Crippen LogP contribution in [0.25, 0.3) is 0 Å². The van der Waals surface area contributed by atoms with Gasteiger partial charge in [0.25, 0.3) is 0 Å². The van der Waals surface area contributed by atoms with E-state index in [-0.39, 0.29) is 0 Å². The highest BCUT2D eigenvalue weighted by Crippen LogP contribution is 2.13. The highest BCUT2D eigenvalue weighted by atomic mass is 79.9. The van der Waals surface area contributed by atoms with Crippen molar-refractivity contribution in [2.75, 3.05) is 5.73 Å². The van der Waals surface area contributed by atoms with E-state index in [1.165, 1.54) is 0 Å². The Morgan fingerprint density at radius 1 is 1.58 bits per heavy atom. The molecular weight excluding hydrogens is 222 g/mol. The number of carbonyl (C=O) groups is 1. The van der Waals surface area contributed by atoms with E-state index < -0.39 is 5.97 Å². The van der Waals surface area contributed by atoms with Crippen molar-refractivity contribution in [1.29, 1.82) is 0 Å². The van der Waals surface area contributed by atoms with Gasteiger partial charge >= 0.3 is 5.97 Å². The summed E-state index contributed by atoms with van der Waals surface area (Å²) < 4.78 is 4.36. The largest absolute Gasteiger partial charge is 0.399 e. The molecule has 0 fully saturated rings. The number of aryl methyl sites for hydroxylation is 1. The van der Waals surface area contributed by atoms with Gasteiger partial charge < -0.3 is 9.56 Å². The van der Waals surface area contributed by atoms with Crippen LogP contribution in [0.1, 0.15) is 15.9 Å². The van der Waals surface area contributed by atoms with Gasteiger partial charge in [0.05, 0.1) is 5.56 Å². The van der Waals surface area contributed by atoms with Gasteiger partial charge in [-0.3, -0.25) is 0 Å². The van der Waals surface area contributed by atoms with Crippen LogP contribution < -0.4 is 5.73 Å². The summed E-state index contributed by atoms with van der Waals surface area (Å²) in [6, 6.07) is 4.97. The molecule has 12 heavy (non-hydrogen) atoms. The molecule has 1 aromatic rings. The van der Waals surface area contributed by atoms with Crippen molar-refractivity contribution < 1.29 is 8.62 Å². The molecule has 0 saturated heterocycles. The molecule has 2 N–H and O–H groups in total. The second-order valence-corrected chi connectivity index (χ2v) is 2.76. The minimum absolute atomic E-state index is 0.418. The standard InChI is InChI=1S/C8H8BrNO2/c1-5-4-6(8(11)12-9)2-3-7(5)10/h2-4H,10H2,1H3. The Labute approximate surface area is 79.0 Å². The number of anilines is 1. The fraction of sp³-hybridized carbons (Fsp3) is 0.125. The molecule has 0 aromatic heterocycles. The third-order valence-electron chi connectivity index (χ3n) is 1.58. The zero-order valence-electron chi connectivity index (χ0n) is 6.50. The normalized spacial score (nSPS) is 9.50. The van der Waals surface area contributed by atoms with Crippen LogP contribution in [-0.4, -0.2) is 5.97 Å². The van der Waals surface area contributed by atoms with Gasteiger partial charge in [-0.05, 0) is 30.7 Å². The summed E-state index contributed by atoms with van der Waals surface area (Å²) in [6.07, 6.45) is 0. The predicted molar refractivity (Wildman–Crippen MR) is 49.9 cm³/mol. The quantitative estimate of drug-likeness (QED) is 0.751. The molecule has 3 nitrogen and oxygen atoms in total. The first kappa shape index (κ1) is 9.06. The first-order valence-corrected chi connectivity index (χ1v) is 3.99. The van der Waals surface area contributed by atoms with Gasteiger partial charge in [-0.2, -0.15) is 0 Å². The second kappa shape index (κ2) is 3.58. The lowest BCUT2D eigenvalue weighted by Gasteiger charge is -2.01. The molecule has 0 amide bonds. The lowest BCUT2D eigenvalue weighted by Crippen LogP contribution is -1.99. The first-order valence-electron chi connectivity index (χ1n) is 3.34. The molecule has 0 bridgehead atoms. The van der Waals surface area contributed by atoms with E-state index in [1.807, 2.05) is 6.92 Å². The summed E-state index contributed by atoms with van der Waals surface area (Å²) in [4.78, 5) is 11.0. The van der Waals surface area contributed by atoms with E-state index in [0.29, 0.717) is 11.3 Å². The lowest BCUT2D eigenvalue weighted by molar-refractivity contribution is 0.0782. The van der Waals surface area contributed by atoms with Crippen molar-refractivity contribution in [3.05, 3.63) is 29.3 Å². The molecule has 64 valence electrons. The summed E-state index contributed by atoms with van der Waals surface area (Å²) in [7, 11) is 0. The second-order valence-electron chi connectivity index (χ2n) is 2.44. The van der Waals surface area contributed by atoms with Crippen LogP contribution in [0.2, 0.25) is 0 Å². The Morgan fingerprint density at radius 2 is 2.25 bits per heavy atom. The molecule has 0 aliphatic rings. The molecule has 1 aromatic carbocycles. The molecule has 0 heterocycles. The maximum atomic E-state index is 11.0. The number of nitrogen functional groups attached to an aromatic ring is 1. The molecular formula is C8H8BrNO2. The molecule has 1 rings (SSSR count). The Balaban J connectivity index is 3.05. The van der Waals surface area contributed by atoms with Crippen molar-refractivity contribution in [3.8, 4) is 0 Å². The topological polar surface area (TPSA) is 52.3 Å². The average Bonchev–Trinajstić information content (AvgIpc) is 2.08.